The summed E-state index contributed by atoms with van der Waals surface area (Å²) in [4.78, 5) is 13.9. The van der Waals surface area contributed by atoms with Gasteiger partial charge in [-0.25, -0.2) is 9.97 Å². The fourth-order valence-electron chi connectivity index (χ4n) is 3.36. The first kappa shape index (κ1) is 17.1. The second-order valence-electron chi connectivity index (χ2n) is 6.54. The fraction of sp³-hybridized carbons (Fsp3) is 0.273. The average Bonchev–Trinajstić information content (AvgIpc) is 2.70. The van der Waals surface area contributed by atoms with E-state index in [1.807, 2.05) is 17.8 Å². The smallest absolute Gasteiger partial charge is 0.159 e. The molecule has 0 spiro atoms. The maximum atomic E-state index is 4.40. The van der Waals surface area contributed by atoms with E-state index in [-0.39, 0.29) is 0 Å². The average molecular weight is 362 g/mol. The molecular weight excluding hydrogens is 338 g/mol. The molecule has 2 aromatic carbocycles. The Morgan fingerprint density at radius 3 is 2.50 bits per heavy atom. The molecule has 1 aliphatic rings. The van der Waals surface area contributed by atoms with Crippen molar-refractivity contribution in [3.8, 4) is 11.4 Å². The first-order chi connectivity index (χ1) is 12.9. The maximum Gasteiger partial charge on any atom is 0.159 e. The molecule has 3 nitrogen and oxygen atoms in total. The zero-order valence-electron chi connectivity index (χ0n) is 15.1. The summed E-state index contributed by atoms with van der Waals surface area (Å²) in [6.07, 6.45) is 8.67. The predicted octanol–water partition coefficient (Wildman–Crippen LogP) is 6.33. The highest BCUT2D eigenvalue weighted by atomic mass is 32.2. The summed E-state index contributed by atoms with van der Waals surface area (Å²) < 4.78 is 0. The van der Waals surface area contributed by atoms with Crippen molar-refractivity contribution in [1.29, 1.82) is 0 Å². The van der Waals surface area contributed by atoms with Crippen LogP contribution in [0.15, 0.2) is 70.7 Å². The minimum absolute atomic E-state index is 0.782. The summed E-state index contributed by atoms with van der Waals surface area (Å²) in [5, 5.41) is 0. The van der Waals surface area contributed by atoms with Crippen molar-refractivity contribution in [3.63, 3.8) is 0 Å². The zero-order valence-corrected chi connectivity index (χ0v) is 15.9. The van der Waals surface area contributed by atoms with Gasteiger partial charge in [-0.2, -0.15) is 0 Å². The molecule has 0 bridgehead atoms. The summed E-state index contributed by atoms with van der Waals surface area (Å²) in [5.41, 5.74) is 3.69. The molecule has 3 aromatic rings. The van der Waals surface area contributed by atoms with Crippen LogP contribution in [-0.2, 0) is 0 Å². The topological polar surface area (TPSA) is 29.0 Å². The molecule has 0 unspecified atom stereocenters. The molecule has 0 atom stereocenters. The van der Waals surface area contributed by atoms with Crippen molar-refractivity contribution < 1.29 is 0 Å². The number of aromatic nitrogens is 2. The van der Waals surface area contributed by atoms with E-state index in [2.05, 4.69) is 64.3 Å². The second-order valence-corrected chi connectivity index (χ2v) is 7.62. The van der Waals surface area contributed by atoms with Crippen LogP contribution in [0.2, 0.25) is 0 Å². The van der Waals surface area contributed by atoms with Crippen molar-refractivity contribution >= 4 is 23.1 Å². The zero-order chi connectivity index (χ0) is 17.8. The highest BCUT2D eigenvalue weighted by molar-refractivity contribution is 7.99. The van der Waals surface area contributed by atoms with Crippen LogP contribution < -0.4 is 4.90 Å². The highest BCUT2D eigenvalue weighted by Crippen LogP contribution is 2.48. The first-order valence-corrected chi connectivity index (χ1v) is 10.1. The Morgan fingerprint density at radius 2 is 1.65 bits per heavy atom. The Balaban J connectivity index is 1.68. The highest BCUT2D eigenvalue weighted by Gasteiger charge is 2.23. The molecule has 0 fully saturated rings. The Bertz CT molecular complexity index is 880. The van der Waals surface area contributed by atoms with Gasteiger partial charge in [0.05, 0.1) is 11.4 Å². The quantitative estimate of drug-likeness (QED) is 0.480. The normalized spacial score (nSPS) is 12.6. The SMILES string of the molecule is CCCCCCN1c2ccccc2Sc2cc(-c3ncccn3)ccc21. The molecule has 0 N–H and O–H groups in total. The van der Waals surface area contributed by atoms with Gasteiger partial charge in [0.1, 0.15) is 0 Å². The lowest BCUT2D eigenvalue weighted by atomic mass is 10.1. The third kappa shape index (κ3) is 3.47. The molecule has 132 valence electrons. The second kappa shape index (κ2) is 7.92. The number of hydrogen-bond acceptors (Lipinski definition) is 4. The van der Waals surface area contributed by atoms with Crippen LogP contribution >= 0.6 is 11.8 Å². The van der Waals surface area contributed by atoms with Crippen LogP contribution in [0.3, 0.4) is 0 Å². The molecular formula is C22H23N3S. The van der Waals surface area contributed by atoms with Crippen molar-refractivity contribution in [1.82, 2.24) is 9.97 Å². The summed E-state index contributed by atoms with van der Waals surface area (Å²) in [6.45, 7) is 3.32. The van der Waals surface area contributed by atoms with Gasteiger partial charge < -0.3 is 4.90 Å². The van der Waals surface area contributed by atoms with Crippen LogP contribution in [0.25, 0.3) is 11.4 Å². The molecule has 1 aliphatic heterocycles. The number of rotatable bonds is 6. The predicted molar refractivity (Wildman–Crippen MR) is 109 cm³/mol. The van der Waals surface area contributed by atoms with Crippen LogP contribution in [0, 0.1) is 0 Å². The Labute approximate surface area is 159 Å². The van der Waals surface area contributed by atoms with Gasteiger partial charge in [0.2, 0.25) is 0 Å². The molecule has 2 heterocycles. The lowest BCUT2D eigenvalue weighted by molar-refractivity contribution is 0.666. The number of anilines is 2. The van der Waals surface area contributed by atoms with E-state index in [1.54, 1.807) is 12.4 Å². The van der Waals surface area contributed by atoms with Crippen LogP contribution in [-0.4, -0.2) is 16.5 Å². The molecule has 0 saturated heterocycles. The standard InChI is InChI=1S/C22H23N3S/c1-2-3-4-7-15-25-18-9-5-6-10-20(18)26-21-16-17(11-12-19(21)25)22-23-13-8-14-24-22/h5-6,8-14,16H,2-4,7,15H2,1H3. The Kier molecular flexibility index (Phi) is 5.21. The van der Waals surface area contributed by atoms with Gasteiger partial charge in [-0.05, 0) is 42.8 Å². The molecule has 4 rings (SSSR count). The van der Waals surface area contributed by atoms with Crippen molar-refractivity contribution in [2.45, 2.75) is 42.4 Å². The molecule has 0 saturated carbocycles. The third-order valence-corrected chi connectivity index (χ3v) is 5.80. The number of fused-ring (bicyclic) bond motifs is 2. The number of hydrogen-bond donors (Lipinski definition) is 0. The van der Waals surface area contributed by atoms with Crippen molar-refractivity contribution in [2.75, 3.05) is 11.4 Å². The van der Waals surface area contributed by atoms with E-state index in [1.165, 1.54) is 46.8 Å². The van der Waals surface area contributed by atoms with E-state index in [0.29, 0.717) is 0 Å². The largest absolute Gasteiger partial charge is 0.340 e. The molecule has 4 heteroatoms. The summed E-state index contributed by atoms with van der Waals surface area (Å²) in [7, 11) is 0. The van der Waals surface area contributed by atoms with E-state index >= 15 is 0 Å². The number of nitrogens with zero attached hydrogens (tertiary/aromatic N) is 3. The summed E-state index contributed by atoms with van der Waals surface area (Å²) >= 11 is 1.84. The number of unbranched alkanes of at least 4 members (excludes halogenated alkanes) is 3. The molecule has 1 aromatic heterocycles. The minimum atomic E-state index is 0.782. The van der Waals surface area contributed by atoms with Gasteiger partial charge in [0.25, 0.3) is 0 Å². The third-order valence-electron chi connectivity index (χ3n) is 4.69. The van der Waals surface area contributed by atoms with E-state index < -0.39 is 0 Å². The van der Waals surface area contributed by atoms with Gasteiger partial charge in [-0.15, -0.1) is 0 Å². The van der Waals surface area contributed by atoms with Gasteiger partial charge in [-0.1, -0.05) is 50.1 Å². The summed E-state index contributed by atoms with van der Waals surface area (Å²) in [6, 6.07) is 17.2. The van der Waals surface area contributed by atoms with Crippen molar-refractivity contribution in [3.05, 3.63) is 60.9 Å². The van der Waals surface area contributed by atoms with Crippen molar-refractivity contribution in [2.24, 2.45) is 0 Å². The molecule has 26 heavy (non-hydrogen) atoms. The lowest BCUT2D eigenvalue weighted by Crippen LogP contribution is -2.22. The monoisotopic (exact) mass is 361 g/mol. The number of benzene rings is 2. The van der Waals surface area contributed by atoms with Gasteiger partial charge >= 0.3 is 0 Å². The first-order valence-electron chi connectivity index (χ1n) is 9.32. The maximum absolute atomic E-state index is 4.40. The molecule has 0 radical (unpaired) electrons. The van der Waals surface area contributed by atoms with Crippen LogP contribution in [0.1, 0.15) is 32.6 Å². The van der Waals surface area contributed by atoms with E-state index in [0.717, 1.165) is 17.9 Å². The van der Waals surface area contributed by atoms with E-state index in [4.69, 9.17) is 0 Å². The van der Waals surface area contributed by atoms with Gasteiger partial charge in [0, 0.05) is 34.3 Å². The lowest BCUT2D eigenvalue weighted by Gasteiger charge is -2.33. The van der Waals surface area contributed by atoms with E-state index in [9.17, 15) is 0 Å². The van der Waals surface area contributed by atoms with Gasteiger partial charge in [-0.3, -0.25) is 0 Å². The summed E-state index contributed by atoms with van der Waals surface area (Å²) in [5.74, 6) is 0.782. The Morgan fingerprint density at radius 1 is 0.846 bits per heavy atom. The Hall–Kier alpha value is -2.33. The number of para-hydroxylation sites is 1. The van der Waals surface area contributed by atoms with Crippen LogP contribution in [0.5, 0.6) is 0 Å². The molecule has 0 aliphatic carbocycles. The fourth-order valence-corrected chi connectivity index (χ4v) is 4.49. The van der Waals surface area contributed by atoms with Gasteiger partial charge in [0.15, 0.2) is 5.82 Å². The molecule has 0 amide bonds. The van der Waals surface area contributed by atoms with Crippen LogP contribution in [0.4, 0.5) is 11.4 Å². The minimum Gasteiger partial charge on any atom is -0.340 e.